The molecule has 0 aromatic rings. The molecule has 0 rings (SSSR count). The Bertz CT molecular complexity index is 1170. The first-order chi connectivity index (χ1) is 37.0. The molecule has 6 nitrogen and oxygen atoms in total. The summed E-state index contributed by atoms with van der Waals surface area (Å²) in [5.41, 5.74) is 0. The van der Waals surface area contributed by atoms with E-state index in [1.54, 1.807) is 0 Å². The predicted molar refractivity (Wildman–Crippen MR) is 329 cm³/mol. The van der Waals surface area contributed by atoms with Crippen molar-refractivity contribution in [3.05, 3.63) is 24.3 Å². The maximum atomic E-state index is 12.5. The summed E-state index contributed by atoms with van der Waals surface area (Å²) in [4.78, 5) is 24.5. The van der Waals surface area contributed by atoms with Crippen LogP contribution in [0, 0.1) is 0 Å². The topological polar surface area (TPSA) is 95.9 Å². The molecule has 444 valence electrons. The Kier molecular flexibility index (Phi) is 63.4. The molecule has 6 heteroatoms. The molecule has 2 atom stereocenters. The largest absolute Gasteiger partial charge is 0.466 e. The number of hydrogen-bond acceptors (Lipinski definition) is 5. The van der Waals surface area contributed by atoms with E-state index in [-0.39, 0.29) is 18.5 Å². The summed E-state index contributed by atoms with van der Waals surface area (Å²) in [6, 6.07) is -0.538. The van der Waals surface area contributed by atoms with Crippen molar-refractivity contribution in [2.45, 2.75) is 392 Å². The van der Waals surface area contributed by atoms with Gasteiger partial charge in [-0.15, -0.1) is 0 Å². The number of amides is 1. The van der Waals surface area contributed by atoms with E-state index in [4.69, 9.17) is 4.74 Å². The molecule has 0 spiro atoms. The SMILES string of the molecule is CCCC/C=C\CCCCCCCC(=O)OCCCCCCCCCCCCCC/C=C\CCCCCCCCCCCCCCCCCCCC(=O)NC(CO)C(O)CCCCCCCCCCCCCCCC. The minimum atomic E-state index is -0.661. The Labute approximate surface area is 469 Å². The van der Waals surface area contributed by atoms with Crippen LogP contribution in [0.5, 0.6) is 0 Å². The number of carbonyl (C=O) groups excluding carboxylic acids is 2. The van der Waals surface area contributed by atoms with Crippen molar-refractivity contribution < 1.29 is 24.5 Å². The maximum Gasteiger partial charge on any atom is 0.305 e. The molecule has 75 heavy (non-hydrogen) atoms. The van der Waals surface area contributed by atoms with Crippen molar-refractivity contribution in [3.63, 3.8) is 0 Å². The summed E-state index contributed by atoms with van der Waals surface area (Å²) in [6.07, 6.45) is 80.9. The molecule has 0 heterocycles. The second kappa shape index (κ2) is 64.9. The third-order valence-electron chi connectivity index (χ3n) is 16.0. The number of esters is 1. The van der Waals surface area contributed by atoms with E-state index in [9.17, 15) is 19.8 Å². The number of allylic oxidation sites excluding steroid dienone is 4. The second-order valence-electron chi connectivity index (χ2n) is 23.5. The van der Waals surface area contributed by atoms with Gasteiger partial charge in [0.05, 0.1) is 25.4 Å². The lowest BCUT2D eigenvalue weighted by molar-refractivity contribution is -0.143. The van der Waals surface area contributed by atoms with Gasteiger partial charge in [-0.2, -0.15) is 0 Å². The fourth-order valence-electron chi connectivity index (χ4n) is 10.7. The quantitative estimate of drug-likeness (QED) is 0.0320. The molecule has 2 unspecified atom stereocenters. The predicted octanol–water partition coefficient (Wildman–Crippen LogP) is 21.8. The third kappa shape index (κ3) is 61.4. The van der Waals surface area contributed by atoms with Crippen molar-refractivity contribution in [1.29, 1.82) is 0 Å². The van der Waals surface area contributed by atoms with Gasteiger partial charge < -0.3 is 20.3 Å². The Balaban J connectivity index is 3.34. The molecule has 0 saturated carbocycles. The standard InChI is InChI=1S/C69H133NO5/c1-3-5-7-9-11-13-15-16-38-42-45-49-53-57-61-67(72)66(65-71)70-68(73)62-58-54-50-46-43-39-36-34-32-30-28-26-24-22-20-18-17-19-21-23-25-27-29-31-33-35-37-40-44-48-52-56-60-64-75-69(74)63-59-55-51-47-41-14-12-10-8-6-4-2/h10,12,21,23,66-67,71-72H,3-9,11,13-20,22,24-65H2,1-2H3,(H,70,73)/b12-10-,23-21-. The average molecular weight is 1060 g/mol. The molecule has 0 aliphatic rings. The Morgan fingerprint density at radius 3 is 0.987 bits per heavy atom. The van der Waals surface area contributed by atoms with E-state index >= 15 is 0 Å². The van der Waals surface area contributed by atoms with Crippen LogP contribution in [0.25, 0.3) is 0 Å². The van der Waals surface area contributed by atoms with E-state index in [0.29, 0.717) is 25.9 Å². The number of ether oxygens (including phenoxy) is 1. The Morgan fingerprint density at radius 1 is 0.360 bits per heavy atom. The van der Waals surface area contributed by atoms with Crippen LogP contribution < -0.4 is 5.32 Å². The fourth-order valence-corrected chi connectivity index (χ4v) is 10.7. The highest BCUT2D eigenvalue weighted by molar-refractivity contribution is 5.76. The molecular weight excluding hydrogens is 923 g/mol. The second-order valence-corrected chi connectivity index (χ2v) is 23.5. The highest BCUT2D eigenvalue weighted by Crippen LogP contribution is 2.18. The van der Waals surface area contributed by atoms with Crippen LogP contribution in [-0.4, -0.2) is 47.4 Å². The number of unbranched alkanes of at least 4 members (excludes halogenated alkanes) is 49. The summed E-state index contributed by atoms with van der Waals surface area (Å²) in [5.74, 6) is -0.0216. The van der Waals surface area contributed by atoms with Crippen LogP contribution in [-0.2, 0) is 14.3 Å². The first kappa shape index (κ1) is 73.3. The summed E-state index contributed by atoms with van der Waals surface area (Å²) in [5, 5.41) is 23.3. The summed E-state index contributed by atoms with van der Waals surface area (Å²) >= 11 is 0. The Hall–Kier alpha value is -1.66. The van der Waals surface area contributed by atoms with Gasteiger partial charge in [0.2, 0.25) is 5.91 Å². The number of aliphatic hydroxyl groups excluding tert-OH is 2. The number of rotatable bonds is 64. The molecule has 0 fully saturated rings. The van der Waals surface area contributed by atoms with E-state index < -0.39 is 12.1 Å². The molecule has 0 aromatic heterocycles. The summed E-state index contributed by atoms with van der Waals surface area (Å²) in [6.45, 7) is 4.94. The van der Waals surface area contributed by atoms with Crippen LogP contribution >= 0.6 is 0 Å². The zero-order valence-electron chi connectivity index (χ0n) is 50.8. The molecule has 0 bridgehead atoms. The van der Waals surface area contributed by atoms with Gasteiger partial charge in [0, 0.05) is 12.8 Å². The molecule has 0 aromatic carbocycles. The summed E-state index contributed by atoms with van der Waals surface area (Å²) in [7, 11) is 0. The van der Waals surface area contributed by atoms with Gasteiger partial charge in [0.25, 0.3) is 0 Å². The third-order valence-corrected chi connectivity index (χ3v) is 16.0. The van der Waals surface area contributed by atoms with Crippen molar-refractivity contribution in [1.82, 2.24) is 5.32 Å². The van der Waals surface area contributed by atoms with Crippen LogP contribution in [0.4, 0.5) is 0 Å². The molecular formula is C69H133NO5. The minimum absolute atomic E-state index is 0.00788. The maximum absolute atomic E-state index is 12.5. The van der Waals surface area contributed by atoms with Gasteiger partial charge in [-0.3, -0.25) is 9.59 Å². The first-order valence-corrected chi connectivity index (χ1v) is 34.1. The van der Waals surface area contributed by atoms with Gasteiger partial charge in [-0.05, 0) is 70.6 Å². The lowest BCUT2D eigenvalue weighted by atomic mass is 10.0. The van der Waals surface area contributed by atoms with E-state index in [0.717, 1.165) is 44.9 Å². The summed E-state index contributed by atoms with van der Waals surface area (Å²) < 4.78 is 5.46. The van der Waals surface area contributed by atoms with Crippen LogP contribution in [0.2, 0.25) is 0 Å². The minimum Gasteiger partial charge on any atom is -0.466 e. The average Bonchev–Trinajstić information content (AvgIpc) is 3.41. The molecule has 0 saturated heterocycles. The lowest BCUT2D eigenvalue weighted by Gasteiger charge is -2.22. The molecule has 3 N–H and O–H groups in total. The highest BCUT2D eigenvalue weighted by atomic mass is 16.5. The smallest absolute Gasteiger partial charge is 0.305 e. The number of nitrogens with one attached hydrogen (secondary N) is 1. The van der Waals surface area contributed by atoms with E-state index in [1.165, 1.54) is 302 Å². The van der Waals surface area contributed by atoms with E-state index in [2.05, 4.69) is 43.5 Å². The molecule has 0 aliphatic carbocycles. The normalized spacial score (nSPS) is 12.6. The first-order valence-electron chi connectivity index (χ1n) is 34.1. The zero-order valence-corrected chi connectivity index (χ0v) is 50.8. The Morgan fingerprint density at radius 2 is 0.640 bits per heavy atom. The molecule has 1 amide bonds. The molecule has 0 aliphatic heterocycles. The number of hydrogen-bond donors (Lipinski definition) is 3. The van der Waals surface area contributed by atoms with Crippen LogP contribution in [0.3, 0.4) is 0 Å². The van der Waals surface area contributed by atoms with Crippen molar-refractivity contribution in [2.75, 3.05) is 13.2 Å². The van der Waals surface area contributed by atoms with Gasteiger partial charge in [-0.25, -0.2) is 0 Å². The van der Waals surface area contributed by atoms with Crippen molar-refractivity contribution in [3.8, 4) is 0 Å². The van der Waals surface area contributed by atoms with Crippen LogP contribution in [0.1, 0.15) is 380 Å². The molecule has 0 radical (unpaired) electrons. The van der Waals surface area contributed by atoms with Gasteiger partial charge >= 0.3 is 5.97 Å². The number of carbonyl (C=O) groups is 2. The lowest BCUT2D eigenvalue weighted by Crippen LogP contribution is -2.45. The van der Waals surface area contributed by atoms with Gasteiger partial charge in [0.15, 0.2) is 0 Å². The van der Waals surface area contributed by atoms with Gasteiger partial charge in [0.1, 0.15) is 0 Å². The van der Waals surface area contributed by atoms with E-state index in [1.807, 2.05) is 0 Å². The van der Waals surface area contributed by atoms with Crippen molar-refractivity contribution >= 4 is 11.9 Å². The van der Waals surface area contributed by atoms with Gasteiger partial charge in [-0.1, -0.05) is 321 Å². The monoisotopic (exact) mass is 1060 g/mol. The zero-order chi connectivity index (χ0) is 54.3. The number of aliphatic hydroxyl groups is 2. The van der Waals surface area contributed by atoms with Crippen molar-refractivity contribution in [2.24, 2.45) is 0 Å². The fraction of sp³-hybridized carbons (Fsp3) is 0.913. The van der Waals surface area contributed by atoms with Crippen LogP contribution in [0.15, 0.2) is 24.3 Å². The highest BCUT2D eigenvalue weighted by Gasteiger charge is 2.20.